The van der Waals surface area contributed by atoms with Crippen molar-refractivity contribution < 1.29 is 5.11 Å². The van der Waals surface area contributed by atoms with E-state index in [0.29, 0.717) is 5.92 Å². The first-order valence-electron chi connectivity index (χ1n) is 6.83. The SMILES string of the molecule is CC(C)CC(CO)NC1CC(N)c2ccccc21. The molecule has 18 heavy (non-hydrogen) atoms. The first-order valence-corrected chi connectivity index (χ1v) is 6.83. The highest BCUT2D eigenvalue weighted by molar-refractivity contribution is 5.37. The van der Waals surface area contributed by atoms with E-state index in [1.54, 1.807) is 0 Å². The van der Waals surface area contributed by atoms with Crippen LogP contribution in [0.3, 0.4) is 0 Å². The summed E-state index contributed by atoms with van der Waals surface area (Å²) >= 11 is 0. The molecule has 0 heterocycles. The molecular formula is C15H24N2O. The van der Waals surface area contributed by atoms with Crippen LogP contribution in [0.15, 0.2) is 24.3 Å². The Labute approximate surface area is 109 Å². The maximum absolute atomic E-state index is 9.46. The summed E-state index contributed by atoms with van der Waals surface area (Å²) in [5.41, 5.74) is 8.70. The van der Waals surface area contributed by atoms with Gasteiger partial charge in [0.15, 0.2) is 0 Å². The lowest BCUT2D eigenvalue weighted by Gasteiger charge is -2.23. The van der Waals surface area contributed by atoms with Crippen molar-refractivity contribution in [1.29, 1.82) is 0 Å². The number of hydrogen-bond donors (Lipinski definition) is 3. The maximum Gasteiger partial charge on any atom is 0.0584 e. The molecule has 0 aromatic heterocycles. The van der Waals surface area contributed by atoms with Crippen LogP contribution in [0, 0.1) is 5.92 Å². The third-order valence-electron chi connectivity index (χ3n) is 3.67. The zero-order valence-electron chi connectivity index (χ0n) is 11.3. The van der Waals surface area contributed by atoms with Crippen molar-refractivity contribution in [2.75, 3.05) is 6.61 Å². The number of benzene rings is 1. The van der Waals surface area contributed by atoms with E-state index in [9.17, 15) is 5.11 Å². The average Bonchev–Trinajstić information content (AvgIpc) is 2.66. The first-order chi connectivity index (χ1) is 8.61. The Morgan fingerprint density at radius 3 is 2.61 bits per heavy atom. The van der Waals surface area contributed by atoms with Gasteiger partial charge >= 0.3 is 0 Å². The smallest absolute Gasteiger partial charge is 0.0584 e. The van der Waals surface area contributed by atoms with Crippen LogP contribution < -0.4 is 11.1 Å². The van der Waals surface area contributed by atoms with E-state index in [-0.39, 0.29) is 24.7 Å². The second-order valence-corrected chi connectivity index (χ2v) is 5.70. The average molecular weight is 248 g/mol. The molecule has 0 aliphatic heterocycles. The lowest BCUT2D eigenvalue weighted by atomic mass is 10.0. The van der Waals surface area contributed by atoms with Gasteiger partial charge in [0.1, 0.15) is 0 Å². The zero-order chi connectivity index (χ0) is 13.1. The molecule has 0 amide bonds. The van der Waals surface area contributed by atoms with E-state index < -0.39 is 0 Å². The molecule has 0 saturated heterocycles. The molecule has 3 unspecified atom stereocenters. The van der Waals surface area contributed by atoms with E-state index in [2.05, 4.69) is 37.4 Å². The molecule has 0 radical (unpaired) electrons. The molecule has 3 nitrogen and oxygen atoms in total. The van der Waals surface area contributed by atoms with E-state index in [1.165, 1.54) is 11.1 Å². The van der Waals surface area contributed by atoms with Crippen LogP contribution >= 0.6 is 0 Å². The number of aliphatic hydroxyl groups is 1. The van der Waals surface area contributed by atoms with Crippen molar-refractivity contribution in [2.24, 2.45) is 11.7 Å². The van der Waals surface area contributed by atoms with Gasteiger partial charge in [0, 0.05) is 18.1 Å². The predicted octanol–water partition coefficient (Wildman–Crippen LogP) is 2.13. The molecule has 3 atom stereocenters. The third kappa shape index (κ3) is 2.91. The second-order valence-electron chi connectivity index (χ2n) is 5.70. The molecule has 1 aromatic rings. The highest BCUT2D eigenvalue weighted by Gasteiger charge is 2.29. The Morgan fingerprint density at radius 2 is 2.00 bits per heavy atom. The Hall–Kier alpha value is -0.900. The van der Waals surface area contributed by atoms with Gasteiger partial charge in [0.25, 0.3) is 0 Å². The Kier molecular flexibility index (Phi) is 4.38. The standard InChI is InChI=1S/C15H24N2O/c1-10(2)7-11(9-18)17-15-8-14(16)12-5-3-4-6-13(12)15/h3-6,10-11,14-15,17-18H,7-9,16H2,1-2H3. The summed E-state index contributed by atoms with van der Waals surface area (Å²) in [5.74, 6) is 0.583. The number of aliphatic hydroxyl groups excluding tert-OH is 1. The minimum Gasteiger partial charge on any atom is -0.395 e. The van der Waals surface area contributed by atoms with Crippen LogP contribution in [-0.4, -0.2) is 17.8 Å². The minimum atomic E-state index is 0.122. The van der Waals surface area contributed by atoms with E-state index >= 15 is 0 Å². The predicted molar refractivity (Wildman–Crippen MR) is 74.2 cm³/mol. The fourth-order valence-electron chi connectivity index (χ4n) is 2.88. The normalized spacial score (nSPS) is 24.3. The van der Waals surface area contributed by atoms with Gasteiger partial charge in [-0.1, -0.05) is 38.1 Å². The summed E-state index contributed by atoms with van der Waals surface area (Å²) in [5, 5.41) is 13.0. The third-order valence-corrected chi connectivity index (χ3v) is 3.67. The van der Waals surface area contributed by atoms with Crippen molar-refractivity contribution in [3.8, 4) is 0 Å². The second kappa shape index (κ2) is 5.83. The van der Waals surface area contributed by atoms with Gasteiger partial charge < -0.3 is 16.2 Å². The van der Waals surface area contributed by atoms with E-state index in [4.69, 9.17) is 5.73 Å². The first kappa shape index (κ1) is 13.5. The topological polar surface area (TPSA) is 58.3 Å². The maximum atomic E-state index is 9.46. The highest BCUT2D eigenvalue weighted by atomic mass is 16.3. The summed E-state index contributed by atoms with van der Waals surface area (Å²) in [6.07, 6.45) is 1.92. The van der Waals surface area contributed by atoms with Gasteiger partial charge in [-0.25, -0.2) is 0 Å². The molecule has 100 valence electrons. The van der Waals surface area contributed by atoms with Crippen LogP contribution in [0.2, 0.25) is 0 Å². The summed E-state index contributed by atoms with van der Waals surface area (Å²) in [7, 11) is 0. The van der Waals surface area contributed by atoms with Gasteiger partial charge in [-0.2, -0.15) is 0 Å². The van der Waals surface area contributed by atoms with Gasteiger partial charge in [0.05, 0.1) is 6.61 Å². The number of nitrogens with one attached hydrogen (secondary N) is 1. The monoisotopic (exact) mass is 248 g/mol. The van der Waals surface area contributed by atoms with Crippen molar-refractivity contribution in [2.45, 2.75) is 44.8 Å². The van der Waals surface area contributed by atoms with Gasteiger partial charge in [-0.3, -0.25) is 0 Å². The van der Waals surface area contributed by atoms with Gasteiger partial charge in [0.2, 0.25) is 0 Å². The van der Waals surface area contributed by atoms with Crippen LogP contribution in [0.25, 0.3) is 0 Å². The largest absolute Gasteiger partial charge is 0.395 e. The summed E-state index contributed by atoms with van der Waals surface area (Å²) in [4.78, 5) is 0. The molecule has 0 fully saturated rings. The Morgan fingerprint density at radius 1 is 1.33 bits per heavy atom. The minimum absolute atomic E-state index is 0.122. The van der Waals surface area contributed by atoms with Crippen LogP contribution in [0.4, 0.5) is 0 Å². The number of nitrogens with two attached hydrogens (primary N) is 1. The molecule has 1 aromatic carbocycles. The molecule has 0 saturated carbocycles. The molecule has 0 spiro atoms. The van der Waals surface area contributed by atoms with Gasteiger partial charge in [-0.15, -0.1) is 0 Å². The summed E-state index contributed by atoms with van der Waals surface area (Å²) in [6.45, 7) is 4.55. The Bertz CT molecular complexity index is 392. The van der Waals surface area contributed by atoms with Crippen LogP contribution in [-0.2, 0) is 0 Å². The number of fused-ring (bicyclic) bond motifs is 1. The van der Waals surface area contributed by atoms with Crippen LogP contribution in [0.5, 0.6) is 0 Å². The fourth-order valence-corrected chi connectivity index (χ4v) is 2.88. The lowest BCUT2D eigenvalue weighted by molar-refractivity contribution is 0.211. The molecule has 4 N–H and O–H groups in total. The quantitative estimate of drug-likeness (QED) is 0.748. The molecule has 3 heteroatoms. The lowest BCUT2D eigenvalue weighted by Crippen LogP contribution is -2.36. The van der Waals surface area contributed by atoms with Crippen molar-refractivity contribution in [1.82, 2.24) is 5.32 Å². The molecule has 1 aliphatic rings. The fraction of sp³-hybridized carbons (Fsp3) is 0.600. The zero-order valence-corrected chi connectivity index (χ0v) is 11.3. The molecule has 1 aliphatic carbocycles. The van der Waals surface area contributed by atoms with Crippen molar-refractivity contribution in [3.05, 3.63) is 35.4 Å². The Balaban J connectivity index is 2.07. The van der Waals surface area contributed by atoms with Crippen molar-refractivity contribution >= 4 is 0 Å². The summed E-state index contributed by atoms with van der Waals surface area (Å²) in [6, 6.07) is 8.92. The number of rotatable bonds is 5. The van der Waals surface area contributed by atoms with Crippen molar-refractivity contribution in [3.63, 3.8) is 0 Å². The highest BCUT2D eigenvalue weighted by Crippen LogP contribution is 2.37. The van der Waals surface area contributed by atoms with Crippen LogP contribution in [0.1, 0.15) is 49.9 Å². The number of hydrogen-bond acceptors (Lipinski definition) is 3. The molecular weight excluding hydrogens is 224 g/mol. The van der Waals surface area contributed by atoms with Gasteiger partial charge in [-0.05, 0) is 29.9 Å². The summed E-state index contributed by atoms with van der Waals surface area (Å²) < 4.78 is 0. The van der Waals surface area contributed by atoms with E-state index in [1.807, 2.05) is 6.07 Å². The molecule has 0 bridgehead atoms. The molecule has 2 rings (SSSR count). The van der Waals surface area contributed by atoms with E-state index in [0.717, 1.165) is 12.8 Å².